The third-order valence-electron chi connectivity index (χ3n) is 4.43. The van der Waals surface area contributed by atoms with E-state index in [1.165, 1.54) is 0 Å². The third kappa shape index (κ3) is 3.84. The summed E-state index contributed by atoms with van der Waals surface area (Å²) >= 11 is 1.95. The van der Waals surface area contributed by atoms with E-state index in [1.807, 2.05) is 16.7 Å². The van der Waals surface area contributed by atoms with E-state index in [2.05, 4.69) is 0 Å². The fourth-order valence-electron chi connectivity index (χ4n) is 3.15. The predicted molar refractivity (Wildman–Crippen MR) is 92.3 cm³/mol. The summed E-state index contributed by atoms with van der Waals surface area (Å²) in [5.41, 5.74) is 5.61. The molecule has 0 aromatic heterocycles. The van der Waals surface area contributed by atoms with E-state index >= 15 is 0 Å². The van der Waals surface area contributed by atoms with Gasteiger partial charge in [0, 0.05) is 36.8 Å². The van der Waals surface area contributed by atoms with Gasteiger partial charge >= 0.3 is 0 Å². The van der Waals surface area contributed by atoms with Crippen molar-refractivity contribution >= 4 is 23.6 Å². The fraction of sp³-hybridized carbons (Fsp3) is 0.529. The first-order chi connectivity index (χ1) is 11.6. The van der Waals surface area contributed by atoms with Gasteiger partial charge in [-0.15, -0.1) is 0 Å². The summed E-state index contributed by atoms with van der Waals surface area (Å²) in [6, 6.07) is 7.00. The molecule has 7 heteroatoms. The average molecular weight is 350 g/mol. The number of nitrogens with two attached hydrogens (primary N) is 1. The number of amides is 2. The molecule has 1 spiro atoms. The van der Waals surface area contributed by atoms with Gasteiger partial charge < -0.3 is 20.1 Å². The monoisotopic (exact) mass is 350 g/mol. The molecule has 2 N–H and O–H groups in total. The van der Waals surface area contributed by atoms with Crippen LogP contribution in [0.15, 0.2) is 24.3 Å². The van der Waals surface area contributed by atoms with Crippen molar-refractivity contribution in [3.63, 3.8) is 0 Å². The normalized spacial score (nSPS) is 19.9. The van der Waals surface area contributed by atoms with Crippen LogP contribution in [0, 0.1) is 0 Å². The van der Waals surface area contributed by atoms with Crippen LogP contribution >= 0.6 is 11.8 Å². The van der Waals surface area contributed by atoms with Crippen LogP contribution in [0.4, 0.5) is 0 Å². The lowest BCUT2D eigenvalue weighted by atomic mass is 9.97. The molecule has 2 aliphatic heterocycles. The molecule has 1 aromatic rings. The molecule has 0 aliphatic carbocycles. The van der Waals surface area contributed by atoms with E-state index in [9.17, 15) is 9.59 Å². The number of rotatable bonds is 4. The molecule has 2 aliphatic rings. The molecule has 24 heavy (non-hydrogen) atoms. The van der Waals surface area contributed by atoms with E-state index in [0.717, 1.165) is 44.9 Å². The van der Waals surface area contributed by atoms with Crippen LogP contribution in [0.25, 0.3) is 0 Å². The molecule has 0 radical (unpaired) electrons. The fourth-order valence-corrected chi connectivity index (χ4v) is 4.60. The number of carbonyl (C=O) groups is 2. The summed E-state index contributed by atoms with van der Waals surface area (Å²) in [7, 11) is 0. The molecule has 0 saturated carbocycles. The summed E-state index contributed by atoms with van der Waals surface area (Å²) in [5, 5.41) is 0. The average Bonchev–Trinajstić information content (AvgIpc) is 2.60. The first-order valence-electron chi connectivity index (χ1n) is 8.11. The summed E-state index contributed by atoms with van der Waals surface area (Å²) in [6.45, 7) is 2.72. The number of nitrogens with zero attached hydrogens (tertiary/aromatic N) is 1. The van der Waals surface area contributed by atoms with Gasteiger partial charge in [-0.2, -0.15) is 11.8 Å². The molecular formula is C17H22N2O4S. The Morgan fingerprint density at radius 3 is 2.79 bits per heavy atom. The predicted octanol–water partition coefficient (Wildman–Crippen LogP) is 1.29. The van der Waals surface area contributed by atoms with Crippen molar-refractivity contribution in [3.05, 3.63) is 29.8 Å². The number of ether oxygens (including phenoxy) is 2. The lowest BCUT2D eigenvalue weighted by molar-refractivity contribution is -0.119. The summed E-state index contributed by atoms with van der Waals surface area (Å²) in [4.78, 5) is 25.8. The minimum atomic E-state index is -0.562. The molecule has 130 valence electrons. The van der Waals surface area contributed by atoms with Crippen LogP contribution in [-0.4, -0.2) is 60.1 Å². The van der Waals surface area contributed by atoms with Crippen molar-refractivity contribution < 1.29 is 19.1 Å². The van der Waals surface area contributed by atoms with Gasteiger partial charge in [0.15, 0.2) is 6.61 Å². The molecule has 0 atom stereocenters. The van der Waals surface area contributed by atoms with Crippen LogP contribution in [0.5, 0.6) is 5.75 Å². The van der Waals surface area contributed by atoms with Crippen LogP contribution in [0.1, 0.15) is 23.2 Å². The molecule has 2 fully saturated rings. The Hall–Kier alpha value is -1.73. The van der Waals surface area contributed by atoms with Crippen LogP contribution in [-0.2, 0) is 9.53 Å². The number of carbonyl (C=O) groups excluding carboxylic acids is 2. The SMILES string of the molecule is NC(=O)COc1ccccc1C(=O)N1CCSC2(CCOCC2)C1. The molecule has 3 rings (SSSR count). The van der Waals surface area contributed by atoms with Crippen LogP contribution in [0.3, 0.4) is 0 Å². The highest BCUT2D eigenvalue weighted by atomic mass is 32.2. The van der Waals surface area contributed by atoms with Gasteiger partial charge in [-0.25, -0.2) is 0 Å². The molecular weight excluding hydrogens is 328 g/mol. The molecule has 0 unspecified atom stereocenters. The molecule has 6 nitrogen and oxygen atoms in total. The number of hydrogen-bond acceptors (Lipinski definition) is 5. The van der Waals surface area contributed by atoms with E-state index in [0.29, 0.717) is 11.3 Å². The highest BCUT2D eigenvalue weighted by Crippen LogP contribution is 2.39. The van der Waals surface area contributed by atoms with E-state index in [-0.39, 0.29) is 17.3 Å². The number of para-hydroxylation sites is 1. The third-order valence-corrected chi connectivity index (χ3v) is 5.96. The summed E-state index contributed by atoms with van der Waals surface area (Å²) < 4.78 is 11.0. The first-order valence-corrected chi connectivity index (χ1v) is 9.09. The quantitative estimate of drug-likeness (QED) is 0.885. The van der Waals surface area contributed by atoms with Crippen molar-refractivity contribution in [2.45, 2.75) is 17.6 Å². The zero-order chi connectivity index (χ0) is 17.0. The molecule has 2 amide bonds. The van der Waals surface area contributed by atoms with Gasteiger partial charge in [0.1, 0.15) is 5.75 Å². The second-order valence-corrected chi connectivity index (χ2v) is 7.68. The lowest BCUT2D eigenvalue weighted by Crippen LogP contribution is -2.51. The number of thioether (sulfide) groups is 1. The van der Waals surface area contributed by atoms with Gasteiger partial charge in [0.25, 0.3) is 11.8 Å². The van der Waals surface area contributed by atoms with Gasteiger partial charge in [-0.1, -0.05) is 12.1 Å². The highest BCUT2D eigenvalue weighted by Gasteiger charge is 2.39. The smallest absolute Gasteiger partial charge is 0.257 e. The maximum absolute atomic E-state index is 13.0. The van der Waals surface area contributed by atoms with Crippen molar-refractivity contribution in [2.24, 2.45) is 5.73 Å². The second kappa shape index (κ2) is 7.44. The largest absolute Gasteiger partial charge is 0.483 e. The standard InChI is InChI=1S/C17H22N2O4S/c18-15(20)11-23-14-4-2-1-3-13(14)16(21)19-7-10-24-17(12-19)5-8-22-9-6-17/h1-4H,5-12H2,(H2,18,20). The van der Waals surface area contributed by atoms with Gasteiger partial charge in [0.2, 0.25) is 0 Å². The lowest BCUT2D eigenvalue weighted by Gasteiger charge is -2.44. The van der Waals surface area contributed by atoms with Crippen LogP contribution < -0.4 is 10.5 Å². The Kier molecular flexibility index (Phi) is 5.30. The second-order valence-electron chi connectivity index (χ2n) is 6.12. The number of hydrogen-bond donors (Lipinski definition) is 1. The topological polar surface area (TPSA) is 81.9 Å². The van der Waals surface area contributed by atoms with E-state index < -0.39 is 5.91 Å². The van der Waals surface area contributed by atoms with Crippen molar-refractivity contribution in [2.75, 3.05) is 38.7 Å². The van der Waals surface area contributed by atoms with E-state index in [1.54, 1.807) is 24.3 Å². The maximum atomic E-state index is 13.0. The zero-order valence-corrected chi connectivity index (χ0v) is 14.3. The van der Waals surface area contributed by atoms with Crippen LogP contribution in [0.2, 0.25) is 0 Å². The van der Waals surface area contributed by atoms with Gasteiger partial charge in [-0.05, 0) is 25.0 Å². The first kappa shape index (κ1) is 17.1. The molecule has 1 aromatic carbocycles. The maximum Gasteiger partial charge on any atom is 0.257 e. The Bertz CT molecular complexity index is 611. The summed E-state index contributed by atoms with van der Waals surface area (Å²) in [5.74, 6) is 0.713. The summed E-state index contributed by atoms with van der Waals surface area (Å²) in [6.07, 6.45) is 1.95. The van der Waals surface area contributed by atoms with Crippen molar-refractivity contribution in [1.29, 1.82) is 0 Å². The Morgan fingerprint density at radius 1 is 1.29 bits per heavy atom. The minimum absolute atomic E-state index is 0.0544. The molecule has 2 saturated heterocycles. The van der Waals surface area contributed by atoms with E-state index in [4.69, 9.17) is 15.2 Å². The molecule has 2 heterocycles. The Labute approximate surface area is 145 Å². The van der Waals surface area contributed by atoms with Crippen molar-refractivity contribution in [1.82, 2.24) is 4.90 Å². The Morgan fingerprint density at radius 2 is 2.04 bits per heavy atom. The van der Waals surface area contributed by atoms with Crippen molar-refractivity contribution in [3.8, 4) is 5.75 Å². The Balaban J connectivity index is 1.75. The minimum Gasteiger partial charge on any atom is -0.483 e. The highest BCUT2D eigenvalue weighted by molar-refractivity contribution is 8.00. The number of primary amides is 1. The zero-order valence-electron chi connectivity index (χ0n) is 13.5. The number of benzene rings is 1. The molecule has 0 bridgehead atoms. The van der Waals surface area contributed by atoms with Gasteiger partial charge in [-0.3, -0.25) is 9.59 Å². The van der Waals surface area contributed by atoms with Gasteiger partial charge in [0.05, 0.1) is 5.56 Å².